The van der Waals surface area contributed by atoms with E-state index in [4.69, 9.17) is 0 Å². The second-order valence-electron chi connectivity index (χ2n) is 9.42. The molecular weight excluding hydrogens is 300 g/mol. The fraction of sp³-hybridized carbons (Fsp3) is 1.00. The molecule has 0 aromatic heterocycles. The van der Waals surface area contributed by atoms with Crippen molar-refractivity contribution in [1.82, 2.24) is 0 Å². The fourth-order valence-corrected chi connectivity index (χ4v) is 6.95. The molecule has 3 aliphatic carbocycles. The van der Waals surface area contributed by atoms with Crippen LogP contribution in [-0.2, 0) is 0 Å². The summed E-state index contributed by atoms with van der Waals surface area (Å²) >= 11 is 0. The molecule has 0 saturated heterocycles. The molecule has 0 heterocycles. The third-order valence-corrected chi connectivity index (χ3v) is 8.15. The lowest BCUT2D eigenvalue weighted by molar-refractivity contribution is -0.00224. The number of aliphatic hydroxyl groups is 3. The summed E-state index contributed by atoms with van der Waals surface area (Å²) in [6.07, 6.45) is 11.3. The smallest absolute Gasteiger partial charge is 0.0545 e. The van der Waals surface area contributed by atoms with Gasteiger partial charge in [-0.15, -0.1) is 0 Å². The Hall–Kier alpha value is -0.120. The summed E-state index contributed by atoms with van der Waals surface area (Å²) < 4.78 is 0. The van der Waals surface area contributed by atoms with Crippen LogP contribution in [0.25, 0.3) is 0 Å². The molecule has 0 aromatic rings. The molecule has 0 bridgehead atoms. The molecule has 3 aliphatic rings. The van der Waals surface area contributed by atoms with Gasteiger partial charge in [0.05, 0.1) is 12.2 Å². The third kappa shape index (κ3) is 3.54. The lowest BCUT2D eigenvalue weighted by atomic mass is 9.63. The third-order valence-electron chi connectivity index (χ3n) is 8.15. The van der Waals surface area contributed by atoms with Crippen LogP contribution in [0.2, 0.25) is 0 Å². The van der Waals surface area contributed by atoms with Gasteiger partial charge in [-0.2, -0.15) is 0 Å². The van der Waals surface area contributed by atoms with Gasteiger partial charge in [-0.25, -0.2) is 0 Å². The highest BCUT2D eigenvalue weighted by Crippen LogP contribution is 2.57. The van der Waals surface area contributed by atoms with Crippen molar-refractivity contribution in [3.05, 3.63) is 0 Å². The van der Waals surface area contributed by atoms with Crippen molar-refractivity contribution < 1.29 is 15.3 Å². The maximum atomic E-state index is 10.3. The summed E-state index contributed by atoms with van der Waals surface area (Å²) in [4.78, 5) is 0. The molecular formula is C21H38O3. The number of rotatable bonds is 4. The summed E-state index contributed by atoms with van der Waals surface area (Å²) in [5.74, 6) is 3.26. The molecule has 0 aromatic carbocycles. The van der Waals surface area contributed by atoms with Gasteiger partial charge in [0.2, 0.25) is 0 Å². The molecule has 3 saturated carbocycles. The minimum Gasteiger partial charge on any atom is -0.396 e. The van der Waals surface area contributed by atoms with Gasteiger partial charge in [-0.05, 0) is 86.9 Å². The van der Waals surface area contributed by atoms with Gasteiger partial charge in [0, 0.05) is 6.61 Å². The summed E-state index contributed by atoms with van der Waals surface area (Å²) in [6, 6.07) is 0. The van der Waals surface area contributed by atoms with E-state index in [1.807, 2.05) is 6.92 Å². The predicted molar refractivity (Wildman–Crippen MR) is 96.5 cm³/mol. The first-order valence-corrected chi connectivity index (χ1v) is 10.4. The summed E-state index contributed by atoms with van der Waals surface area (Å²) in [5.41, 5.74) is 0.0849. The molecule has 8 atom stereocenters. The van der Waals surface area contributed by atoms with E-state index in [0.717, 1.165) is 43.4 Å². The minimum absolute atomic E-state index is 0.0615. The topological polar surface area (TPSA) is 60.7 Å². The monoisotopic (exact) mass is 338 g/mol. The van der Waals surface area contributed by atoms with Gasteiger partial charge < -0.3 is 15.3 Å². The molecule has 3 N–H and O–H groups in total. The van der Waals surface area contributed by atoms with Gasteiger partial charge in [-0.3, -0.25) is 0 Å². The van der Waals surface area contributed by atoms with Crippen LogP contribution in [0.5, 0.6) is 0 Å². The molecule has 0 amide bonds. The summed E-state index contributed by atoms with van der Waals surface area (Å²) in [6.45, 7) is 4.51. The Labute approximate surface area is 147 Å². The van der Waals surface area contributed by atoms with E-state index in [-0.39, 0.29) is 24.2 Å². The van der Waals surface area contributed by atoms with E-state index in [2.05, 4.69) is 6.92 Å². The van der Waals surface area contributed by atoms with Crippen molar-refractivity contribution in [2.24, 2.45) is 35.0 Å². The van der Waals surface area contributed by atoms with Gasteiger partial charge in [-0.1, -0.05) is 26.2 Å². The molecule has 0 aliphatic heterocycles. The maximum absolute atomic E-state index is 10.3. The molecule has 3 fully saturated rings. The van der Waals surface area contributed by atoms with Crippen LogP contribution in [0, 0.1) is 35.0 Å². The van der Waals surface area contributed by atoms with Gasteiger partial charge in [0.1, 0.15) is 0 Å². The minimum atomic E-state index is -0.269. The lowest BCUT2D eigenvalue weighted by Gasteiger charge is -2.43. The highest BCUT2D eigenvalue weighted by atomic mass is 16.3. The van der Waals surface area contributed by atoms with Crippen LogP contribution in [0.4, 0.5) is 0 Å². The lowest BCUT2D eigenvalue weighted by Crippen LogP contribution is -2.39. The average molecular weight is 339 g/mol. The molecule has 24 heavy (non-hydrogen) atoms. The van der Waals surface area contributed by atoms with E-state index in [1.165, 1.54) is 38.5 Å². The normalized spacial score (nSPS) is 47.9. The van der Waals surface area contributed by atoms with Crippen LogP contribution in [-0.4, -0.2) is 34.1 Å². The number of hydrogen-bond donors (Lipinski definition) is 3. The Bertz CT molecular complexity index is 410. The molecule has 140 valence electrons. The van der Waals surface area contributed by atoms with Crippen molar-refractivity contribution in [3.8, 4) is 0 Å². The van der Waals surface area contributed by atoms with E-state index >= 15 is 0 Å². The second kappa shape index (κ2) is 7.63. The largest absolute Gasteiger partial charge is 0.396 e. The Balaban J connectivity index is 1.75. The predicted octanol–water partition coefficient (Wildman–Crippen LogP) is 3.75. The first-order chi connectivity index (χ1) is 11.5. The van der Waals surface area contributed by atoms with Crippen LogP contribution < -0.4 is 0 Å². The Morgan fingerprint density at radius 1 is 0.958 bits per heavy atom. The summed E-state index contributed by atoms with van der Waals surface area (Å²) in [7, 11) is 0. The standard InChI is InChI=1S/C21H38O3/c1-14(23)19-8-9-20(21(19,2)10-11-22)17-5-3-4-15-13-18(24)7-6-16(15)12-17/h14-20,22-24H,3-13H2,1-2H3. The highest BCUT2D eigenvalue weighted by Gasteiger charge is 2.51. The van der Waals surface area contributed by atoms with Crippen LogP contribution in [0.1, 0.15) is 78.1 Å². The first kappa shape index (κ1) is 18.7. The van der Waals surface area contributed by atoms with Gasteiger partial charge >= 0.3 is 0 Å². The van der Waals surface area contributed by atoms with E-state index < -0.39 is 0 Å². The summed E-state index contributed by atoms with van der Waals surface area (Å²) in [5, 5.41) is 30.0. The van der Waals surface area contributed by atoms with E-state index in [0.29, 0.717) is 11.8 Å². The quantitative estimate of drug-likeness (QED) is 0.731. The first-order valence-electron chi connectivity index (χ1n) is 10.4. The Morgan fingerprint density at radius 2 is 1.67 bits per heavy atom. The zero-order chi connectivity index (χ0) is 17.3. The number of fused-ring (bicyclic) bond motifs is 1. The molecule has 3 heteroatoms. The van der Waals surface area contributed by atoms with Crippen molar-refractivity contribution in [2.45, 2.75) is 90.3 Å². The molecule has 8 unspecified atom stereocenters. The van der Waals surface area contributed by atoms with Crippen molar-refractivity contribution in [3.63, 3.8) is 0 Å². The molecule has 0 spiro atoms. The van der Waals surface area contributed by atoms with Crippen LogP contribution >= 0.6 is 0 Å². The number of hydrogen-bond acceptors (Lipinski definition) is 3. The van der Waals surface area contributed by atoms with Crippen LogP contribution in [0.3, 0.4) is 0 Å². The SMILES string of the molecule is CC(O)C1CCC(C2CCCC3CC(O)CCC3C2)C1(C)CCO. The van der Waals surface area contributed by atoms with Crippen LogP contribution in [0.15, 0.2) is 0 Å². The zero-order valence-electron chi connectivity index (χ0n) is 15.7. The Kier molecular flexibility index (Phi) is 5.94. The molecule has 3 rings (SSSR count). The average Bonchev–Trinajstić information content (AvgIpc) is 2.73. The molecule has 0 radical (unpaired) electrons. The highest BCUT2D eigenvalue weighted by molar-refractivity contribution is 5.00. The van der Waals surface area contributed by atoms with Crippen molar-refractivity contribution in [1.29, 1.82) is 0 Å². The number of aliphatic hydroxyl groups excluding tert-OH is 3. The fourth-order valence-electron chi connectivity index (χ4n) is 6.95. The second-order valence-corrected chi connectivity index (χ2v) is 9.42. The Morgan fingerprint density at radius 3 is 2.38 bits per heavy atom. The zero-order valence-corrected chi connectivity index (χ0v) is 15.7. The maximum Gasteiger partial charge on any atom is 0.0545 e. The van der Waals surface area contributed by atoms with Gasteiger partial charge in [0.25, 0.3) is 0 Å². The van der Waals surface area contributed by atoms with Gasteiger partial charge in [0.15, 0.2) is 0 Å². The van der Waals surface area contributed by atoms with E-state index in [9.17, 15) is 15.3 Å². The van der Waals surface area contributed by atoms with E-state index in [1.54, 1.807) is 0 Å². The van der Waals surface area contributed by atoms with Crippen molar-refractivity contribution >= 4 is 0 Å². The molecule has 3 nitrogen and oxygen atoms in total. The van der Waals surface area contributed by atoms with Crippen molar-refractivity contribution in [2.75, 3.05) is 6.61 Å².